The van der Waals surface area contributed by atoms with Gasteiger partial charge in [0.05, 0.1) is 10.6 Å². The SMILES string of the molecule is CCN(CC)S(=O)(=O)c1cc(C(=O)OC2CCCCC2)ccc1Cl. The molecule has 0 spiro atoms. The molecule has 2 rings (SSSR count). The number of nitrogens with zero attached hydrogens (tertiary/aromatic N) is 1. The molecule has 5 nitrogen and oxygen atoms in total. The van der Waals surface area contributed by atoms with Gasteiger partial charge in [-0.2, -0.15) is 4.31 Å². The highest BCUT2D eigenvalue weighted by atomic mass is 35.5. The summed E-state index contributed by atoms with van der Waals surface area (Å²) in [6, 6.07) is 4.27. The second-order valence-corrected chi connectivity index (χ2v) is 8.21. The van der Waals surface area contributed by atoms with Crippen LogP contribution in [-0.2, 0) is 14.8 Å². The number of benzene rings is 1. The Bertz CT molecular complexity index is 680. The summed E-state index contributed by atoms with van der Waals surface area (Å²) in [5, 5.41) is 0.108. The Labute approximate surface area is 149 Å². The lowest BCUT2D eigenvalue weighted by molar-refractivity contribution is 0.0211. The van der Waals surface area contributed by atoms with E-state index in [1.807, 2.05) is 0 Å². The van der Waals surface area contributed by atoms with Crippen LogP contribution in [0.5, 0.6) is 0 Å². The van der Waals surface area contributed by atoms with E-state index >= 15 is 0 Å². The molecule has 1 aliphatic rings. The molecule has 0 heterocycles. The molecular weight excluding hydrogens is 350 g/mol. The number of sulfonamides is 1. The third-order valence-electron chi connectivity index (χ3n) is 4.32. The summed E-state index contributed by atoms with van der Waals surface area (Å²) in [7, 11) is -3.73. The fraction of sp³-hybridized carbons (Fsp3) is 0.588. The van der Waals surface area contributed by atoms with Crippen LogP contribution in [0.1, 0.15) is 56.3 Å². The number of ether oxygens (including phenoxy) is 1. The summed E-state index contributed by atoms with van der Waals surface area (Å²) in [6.45, 7) is 4.20. The molecular formula is C17H24ClNO4S. The molecule has 1 fully saturated rings. The summed E-state index contributed by atoms with van der Waals surface area (Å²) in [6.07, 6.45) is 4.93. The Hall–Kier alpha value is -1.11. The van der Waals surface area contributed by atoms with Crippen molar-refractivity contribution in [1.82, 2.24) is 4.31 Å². The number of hydrogen-bond donors (Lipinski definition) is 0. The molecule has 1 aromatic carbocycles. The maximum atomic E-state index is 12.7. The second-order valence-electron chi connectivity index (χ2n) is 5.90. The Balaban J connectivity index is 2.26. The molecule has 0 saturated heterocycles. The number of carbonyl (C=O) groups is 1. The summed E-state index contributed by atoms with van der Waals surface area (Å²) in [5.74, 6) is -0.491. The van der Waals surface area contributed by atoms with Gasteiger partial charge in [-0.1, -0.05) is 31.9 Å². The van der Waals surface area contributed by atoms with Gasteiger partial charge in [-0.05, 0) is 43.9 Å². The van der Waals surface area contributed by atoms with Crippen molar-refractivity contribution < 1.29 is 17.9 Å². The van der Waals surface area contributed by atoms with Crippen molar-refractivity contribution in [3.8, 4) is 0 Å². The minimum Gasteiger partial charge on any atom is -0.459 e. The zero-order valence-electron chi connectivity index (χ0n) is 14.1. The predicted octanol–water partition coefficient (Wildman–Crippen LogP) is 3.86. The lowest BCUT2D eigenvalue weighted by Crippen LogP contribution is -2.31. The van der Waals surface area contributed by atoms with Gasteiger partial charge in [0.15, 0.2) is 0 Å². The van der Waals surface area contributed by atoms with Gasteiger partial charge in [-0.15, -0.1) is 0 Å². The van der Waals surface area contributed by atoms with E-state index in [1.54, 1.807) is 13.8 Å². The number of hydrogen-bond acceptors (Lipinski definition) is 4. The molecule has 0 aliphatic heterocycles. The first-order valence-corrected chi connectivity index (χ1v) is 10.2. The van der Waals surface area contributed by atoms with Crippen LogP contribution in [0.15, 0.2) is 23.1 Å². The maximum Gasteiger partial charge on any atom is 0.338 e. The van der Waals surface area contributed by atoms with Gasteiger partial charge in [0.1, 0.15) is 11.0 Å². The number of rotatable bonds is 6. The fourth-order valence-corrected chi connectivity index (χ4v) is 4.89. The van der Waals surface area contributed by atoms with E-state index in [0.29, 0.717) is 13.1 Å². The molecule has 0 bridgehead atoms. The van der Waals surface area contributed by atoms with Crippen molar-refractivity contribution in [2.75, 3.05) is 13.1 Å². The van der Waals surface area contributed by atoms with Crippen LogP contribution in [0, 0.1) is 0 Å². The van der Waals surface area contributed by atoms with E-state index in [1.165, 1.54) is 28.9 Å². The average molecular weight is 374 g/mol. The first kappa shape index (κ1) is 19.2. The third kappa shape index (κ3) is 4.29. The highest BCUT2D eigenvalue weighted by molar-refractivity contribution is 7.89. The molecule has 134 valence electrons. The highest BCUT2D eigenvalue weighted by Crippen LogP contribution is 2.27. The normalized spacial score (nSPS) is 16.3. The lowest BCUT2D eigenvalue weighted by Gasteiger charge is -2.22. The van der Waals surface area contributed by atoms with E-state index in [9.17, 15) is 13.2 Å². The minimum absolute atomic E-state index is 0.0500. The van der Waals surface area contributed by atoms with Gasteiger partial charge in [0.25, 0.3) is 0 Å². The van der Waals surface area contributed by atoms with Crippen LogP contribution in [0.4, 0.5) is 0 Å². The highest BCUT2D eigenvalue weighted by Gasteiger charge is 2.26. The molecule has 0 radical (unpaired) electrons. The number of halogens is 1. The zero-order chi connectivity index (χ0) is 17.7. The monoisotopic (exact) mass is 373 g/mol. The standard InChI is InChI=1S/C17H24ClNO4S/c1-3-19(4-2)24(21,22)16-12-13(10-11-15(16)18)17(20)23-14-8-6-5-7-9-14/h10-12,14H,3-9H2,1-2H3. The molecule has 0 aromatic heterocycles. The van der Waals surface area contributed by atoms with Crippen LogP contribution in [0.2, 0.25) is 5.02 Å². The third-order valence-corrected chi connectivity index (χ3v) is 6.85. The van der Waals surface area contributed by atoms with Gasteiger partial charge in [-0.25, -0.2) is 13.2 Å². The van der Waals surface area contributed by atoms with Gasteiger partial charge in [-0.3, -0.25) is 0 Å². The molecule has 0 atom stereocenters. The van der Waals surface area contributed by atoms with Gasteiger partial charge < -0.3 is 4.74 Å². The first-order valence-electron chi connectivity index (χ1n) is 8.40. The molecule has 0 unspecified atom stereocenters. The van der Waals surface area contributed by atoms with Crippen LogP contribution >= 0.6 is 11.6 Å². The zero-order valence-corrected chi connectivity index (χ0v) is 15.7. The van der Waals surface area contributed by atoms with Gasteiger partial charge in [0.2, 0.25) is 10.0 Å². The van der Waals surface area contributed by atoms with E-state index in [4.69, 9.17) is 16.3 Å². The lowest BCUT2D eigenvalue weighted by atomic mass is 9.98. The van der Waals surface area contributed by atoms with E-state index in [-0.39, 0.29) is 21.6 Å². The van der Waals surface area contributed by atoms with Crippen LogP contribution in [0.3, 0.4) is 0 Å². The van der Waals surface area contributed by atoms with Crippen LogP contribution in [0.25, 0.3) is 0 Å². The Morgan fingerprint density at radius 2 is 1.83 bits per heavy atom. The predicted molar refractivity (Wildman–Crippen MR) is 93.8 cm³/mol. The largest absolute Gasteiger partial charge is 0.459 e. The smallest absolute Gasteiger partial charge is 0.338 e. The van der Waals surface area contributed by atoms with Crippen molar-refractivity contribution in [2.45, 2.75) is 57.0 Å². The number of carbonyl (C=O) groups excluding carboxylic acids is 1. The van der Waals surface area contributed by atoms with Crippen molar-refractivity contribution in [2.24, 2.45) is 0 Å². The number of esters is 1. The Morgan fingerprint density at radius 1 is 1.21 bits per heavy atom. The molecule has 1 saturated carbocycles. The van der Waals surface area contributed by atoms with Crippen LogP contribution in [-0.4, -0.2) is 37.9 Å². The van der Waals surface area contributed by atoms with Crippen molar-refractivity contribution in [1.29, 1.82) is 0 Å². The fourth-order valence-electron chi connectivity index (χ4n) is 2.93. The summed E-state index contributed by atoms with van der Waals surface area (Å²) in [5.41, 5.74) is 0.218. The summed E-state index contributed by atoms with van der Waals surface area (Å²) in [4.78, 5) is 12.3. The summed E-state index contributed by atoms with van der Waals surface area (Å²) < 4.78 is 32.2. The molecule has 7 heteroatoms. The minimum atomic E-state index is -3.73. The van der Waals surface area contributed by atoms with E-state index in [2.05, 4.69) is 0 Å². The van der Waals surface area contributed by atoms with Gasteiger partial charge in [0, 0.05) is 13.1 Å². The van der Waals surface area contributed by atoms with Crippen molar-refractivity contribution in [3.05, 3.63) is 28.8 Å². The Morgan fingerprint density at radius 3 is 2.42 bits per heavy atom. The quantitative estimate of drug-likeness (QED) is 0.710. The maximum absolute atomic E-state index is 12.7. The van der Waals surface area contributed by atoms with Gasteiger partial charge >= 0.3 is 5.97 Å². The van der Waals surface area contributed by atoms with E-state index < -0.39 is 16.0 Å². The Kier molecular flexibility index (Phi) is 6.66. The molecule has 1 aliphatic carbocycles. The summed E-state index contributed by atoms with van der Waals surface area (Å²) >= 11 is 6.08. The molecule has 1 aromatic rings. The van der Waals surface area contributed by atoms with Crippen LogP contribution < -0.4 is 0 Å². The van der Waals surface area contributed by atoms with E-state index in [0.717, 1.165) is 25.7 Å². The topological polar surface area (TPSA) is 63.7 Å². The average Bonchev–Trinajstić information content (AvgIpc) is 2.56. The van der Waals surface area contributed by atoms with Crippen molar-refractivity contribution in [3.63, 3.8) is 0 Å². The molecule has 0 N–H and O–H groups in total. The molecule has 24 heavy (non-hydrogen) atoms. The van der Waals surface area contributed by atoms with Crippen molar-refractivity contribution >= 4 is 27.6 Å². The molecule has 0 amide bonds. The second kappa shape index (κ2) is 8.32. The first-order chi connectivity index (χ1) is 11.4.